The summed E-state index contributed by atoms with van der Waals surface area (Å²) in [4.78, 5) is 47.1. The Kier molecular flexibility index (Phi) is 6.36. The van der Waals surface area contributed by atoms with Crippen molar-refractivity contribution < 1.29 is 23.7 Å². The van der Waals surface area contributed by atoms with Gasteiger partial charge < -0.3 is 14.5 Å². The Morgan fingerprint density at radius 3 is 2.65 bits per heavy atom. The van der Waals surface area contributed by atoms with E-state index >= 15 is 0 Å². The van der Waals surface area contributed by atoms with E-state index < -0.39 is 28.1 Å². The van der Waals surface area contributed by atoms with E-state index in [0.29, 0.717) is 11.8 Å². The quantitative estimate of drug-likeness (QED) is 0.199. The molecule has 1 aromatic heterocycles. The summed E-state index contributed by atoms with van der Waals surface area (Å²) in [6, 6.07) is 9.10. The van der Waals surface area contributed by atoms with Gasteiger partial charge in [-0.1, -0.05) is 18.5 Å². The highest BCUT2D eigenvalue weighted by Crippen LogP contribution is 2.26. The maximum Gasteiger partial charge on any atom is 0.349 e. The van der Waals surface area contributed by atoms with Gasteiger partial charge in [-0.25, -0.2) is 9.59 Å². The SMILES string of the molecule is CCC(C)NC(=O)c1cc2ccc(OC(=O)c3ccc(Cl)c([N+](=O)[O-])c3)cc2oc1=O. The van der Waals surface area contributed by atoms with Crippen molar-refractivity contribution in [3.63, 3.8) is 0 Å². The average Bonchev–Trinajstić information content (AvgIpc) is 2.72. The lowest BCUT2D eigenvalue weighted by molar-refractivity contribution is -0.384. The van der Waals surface area contributed by atoms with Crippen LogP contribution in [0.25, 0.3) is 11.0 Å². The Labute approximate surface area is 180 Å². The molecular formula is C21H17ClN2O7. The number of halogens is 1. The Morgan fingerprint density at radius 1 is 1.23 bits per heavy atom. The minimum atomic E-state index is -0.856. The van der Waals surface area contributed by atoms with Gasteiger partial charge in [0.25, 0.3) is 11.6 Å². The number of hydrogen-bond donors (Lipinski definition) is 1. The van der Waals surface area contributed by atoms with Crippen molar-refractivity contribution in [2.45, 2.75) is 26.3 Å². The van der Waals surface area contributed by atoms with E-state index in [1.807, 2.05) is 13.8 Å². The molecule has 1 atom stereocenters. The molecule has 1 heterocycles. The molecule has 0 saturated carbocycles. The van der Waals surface area contributed by atoms with Crippen LogP contribution in [0.15, 0.2) is 51.7 Å². The van der Waals surface area contributed by atoms with Gasteiger partial charge in [0.15, 0.2) is 0 Å². The second-order valence-corrected chi connectivity index (χ2v) is 7.15. The van der Waals surface area contributed by atoms with Gasteiger partial charge in [-0.15, -0.1) is 0 Å². The molecule has 0 spiro atoms. The molecular weight excluding hydrogens is 428 g/mol. The molecule has 3 aromatic rings. The van der Waals surface area contributed by atoms with Crippen LogP contribution in [-0.4, -0.2) is 22.8 Å². The number of carbonyl (C=O) groups excluding carboxylic acids is 2. The highest BCUT2D eigenvalue weighted by molar-refractivity contribution is 6.32. The molecule has 9 nitrogen and oxygen atoms in total. The molecule has 0 radical (unpaired) electrons. The standard InChI is InChI=1S/C21H17ClN2O7/c1-3-11(2)23-19(25)15-8-12-4-6-14(10-18(12)31-21(15)27)30-20(26)13-5-7-16(22)17(9-13)24(28)29/h4-11H,3H2,1-2H3,(H,23,25). The van der Waals surface area contributed by atoms with Crippen LogP contribution in [-0.2, 0) is 0 Å². The number of nitro benzene ring substituents is 1. The lowest BCUT2D eigenvalue weighted by atomic mass is 10.1. The third-order valence-corrected chi connectivity index (χ3v) is 4.85. The highest BCUT2D eigenvalue weighted by atomic mass is 35.5. The van der Waals surface area contributed by atoms with Crippen molar-refractivity contribution in [2.75, 3.05) is 0 Å². The number of ether oxygens (including phenoxy) is 1. The molecule has 0 aliphatic heterocycles. The molecule has 3 rings (SSSR count). The van der Waals surface area contributed by atoms with Crippen LogP contribution in [0.2, 0.25) is 5.02 Å². The van der Waals surface area contributed by atoms with Crippen molar-refractivity contribution in [2.24, 2.45) is 0 Å². The zero-order valence-corrected chi connectivity index (χ0v) is 17.3. The second kappa shape index (κ2) is 8.97. The maximum absolute atomic E-state index is 12.3. The normalized spacial score (nSPS) is 11.7. The number of nitrogens with zero attached hydrogens (tertiary/aromatic N) is 1. The Hall–Kier alpha value is -3.72. The van der Waals surface area contributed by atoms with E-state index in [-0.39, 0.29) is 33.5 Å². The van der Waals surface area contributed by atoms with Crippen LogP contribution in [0.5, 0.6) is 5.75 Å². The number of amides is 1. The van der Waals surface area contributed by atoms with Crippen LogP contribution in [0.3, 0.4) is 0 Å². The second-order valence-electron chi connectivity index (χ2n) is 6.74. The number of rotatable bonds is 6. The van der Waals surface area contributed by atoms with E-state index in [0.717, 1.165) is 6.07 Å². The molecule has 1 amide bonds. The average molecular weight is 445 g/mol. The van der Waals surface area contributed by atoms with E-state index in [1.54, 1.807) is 0 Å². The number of nitrogens with one attached hydrogen (secondary N) is 1. The summed E-state index contributed by atoms with van der Waals surface area (Å²) in [5.74, 6) is -1.34. The van der Waals surface area contributed by atoms with Crippen molar-refractivity contribution in [3.05, 3.63) is 79.1 Å². The smallest absolute Gasteiger partial charge is 0.349 e. The fourth-order valence-corrected chi connectivity index (χ4v) is 2.85. The van der Waals surface area contributed by atoms with E-state index in [1.165, 1.54) is 36.4 Å². The zero-order valence-electron chi connectivity index (χ0n) is 16.5. The largest absolute Gasteiger partial charge is 0.423 e. The van der Waals surface area contributed by atoms with Gasteiger partial charge in [0.05, 0.1) is 10.5 Å². The number of nitro groups is 1. The summed E-state index contributed by atoms with van der Waals surface area (Å²) in [6.45, 7) is 3.72. The van der Waals surface area contributed by atoms with Crippen molar-refractivity contribution >= 4 is 40.1 Å². The monoisotopic (exact) mass is 444 g/mol. The molecule has 31 heavy (non-hydrogen) atoms. The number of esters is 1. The van der Waals surface area contributed by atoms with Crippen molar-refractivity contribution in [1.29, 1.82) is 0 Å². The van der Waals surface area contributed by atoms with Gasteiger partial charge in [-0.05, 0) is 43.7 Å². The van der Waals surface area contributed by atoms with Crippen LogP contribution in [0.4, 0.5) is 5.69 Å². The molecule has 2 aromatic carbocycles. The van der Waals surface area contributed by atoms with E-state index in [2.05, 4.69) is 5.32 Å². The summed E-state index contributed by atoms with van der Waals surface area (Å²) >= 11 is 5.74. The lowest BCUT2D eigenvalue weighted by Gasteiger charge is -2.11. The first-order chi connectivity index (χ1) is 14.7. The molecule has 10 heteroatoms. The fourth-order valence-electron chi connectivity index (χ4n) is 2.66. The lowest BCUT2D eigenvalue weighted by Crippen LogP contribution is -2.34. The molecule has 0 fully saturated rings. The first-order valence-electron chi connectivity index (χ1n) is 9.24. The number of hydrogen-bond acceptors (Lipinski definition) is 7. The summed E-state index contributed by atoms with van der Waals surface area (Å²) in [7, 11) is 0. The first-order valence-corrected chi connectivity index (χ1v) is 9.62. The van der Waals surface area contributed by atoms with Crippen LogP contribution in [0.1, 0.15) is 41.0 Å². The third kappa shape index (κ3) is 4.89. The molecule has 1 N–H and O–H groups in total. The summed E-state index contributed by atoms with van der Waals surface area (Å²) in [5, 5.41) is 14.0. The minimum Gasteiger partial charge on any atom is -0.423 e. The fraction of sp³-hybridized carbons (Fsp3) is 0.190. The molecule has 0 bridgehead atoms. The Balaban J connectivity index is 1.86. The summed E-state index contributed by atoms with van der Waals surface area (Å²) < 4.78 is 10.4. The van der Waals surface area contributed by atoms with Gasteiger partial charge in [0.2, 0.25) is 0 Å². The van der Waals surface area contributed by atoms with Gasteiger partial charge in [0, 0.05) is 23.6 Å². The number of carbonyl (C=O) groups is 2. The predicted octanol–water partition coefficient (Wildman–Crippen LogP) is 4.10. The van der Waals surface area contributed by atoms with Gasteiger partial charge in [0.1, 0.15) is 21.9 Å². The van der Waals surface area contributed by atoms with Crippen molar-refractivity contribution in [1.82, 2.24) is 5.32 Å². The first kappa shape index (κ1) is 22.0. The Morgan fingerprint density at radius 2 is 1.97 bits per heavy atom. The van der Waals surface area contributed by atoms with Gasteiger partial charge in [-0.2, -0.15) is 0 Å². The molecule has 1 unspecified atom stereocenters. The van der Waals surface area contributed by atoms with E-state index in [4.69, 9.17) is 20.8 Å². The molecule has 0 saturated heterocycles. The summed E-state index contributed by atoms with van der Waals surface area (Å²) in [6.07, 6.45) is 0.705. The summed E-state index contributed by atoms with van der Waals surface area (Å²) in [5.41, 5.74) is -1.35. The Bertz CT molecular complexity index is 1250. The maximum atomic E-state index is 12.3. The number of benzene rings is 2. The molecule has 160 valence electrons. The minimum absolute atomic E-state index is 0.0510. The molecule has 0 aliphatic carbocycles. The van der Waals surface area contributed by atoms with Crippen LogP contribution >= 0.6 is 11.6 Å². The number of fused-ring (bicyclic) bond motifs is 1. The predicted molar refractivity (Wildman–Crippen MR) is 113 cm³/mol. The van der Waals surface area contributed by atoms with Crippen LogP contribution < -0.4 is 15.7 Å². The highest BCUT2D eigenvalue weighted by Gasteiger charge is 2.19. The molecule has 0 aliphatic rings. The van der Waals surface area contributed by atoms with Crippen molar-refractivity contribution in [3.8, 4) is 5.75 Å². The van der Waals surface area contributed by atoms with E-state index in [9.17, 15) is 24.5 Å². The van der Waals surface area contributed by atoms with Gasteiger partial charge >= 0.3 is 11.6 Å². The zero-order chi connectivity index (χ0) is 22.7. The topological polar surface area (TPSA) is 129 Å². The third-order valence-electron chi connectivity index (χ3n) is 4.53. The van der Waals surface area contributed by atoms with Gasteiger partial charge in [-0.3, -0.25) is 14.9 Å². The van der Waals surface area contributed by atoms with Crippen LogP contribution in [0, 0.1) is 10.1 Å².